The van der Waals surface area contributed by atoms with E-state index >= 15 is 0 Å². The molecule has 0 aliphatic carbocycles. The number of hydrogen-bond donors (Lipinski definition) is 1. The quantitative estimate of drug-likeness (QED) is 0.704. The van der Waals surface area contributed by atoms with E-state index in [1.807, 2.05) is 48.5 Å². The molecular formula is C24H23NO4. The molecule has 5 nitrogen and oxygen atoms in total. The Morgan fingerprint density at radius 3 is 2.59 bits per heavy atom. The van der Waals surface area contributed by atoms with Crippen LogP contribution < -0.4 is 4.74 Å². The lowest BCUT2D eigenvalue weighted by Crippen LogP contribution is -2.40. The molecule has 1 atom stereocenters. The van der Waals surface area contributed by atoms with Crippen molar-refractivity contribution in [3.63, 3.8) is 0 Å². The van der Waals surface area contributed by atoms with Gasteiger partial charge in [0, 0.05) is 12.1 Å². The van der Waals surface area contributed by atoms with Crippen LogP contribution in [-0.4, -0.2) is 29.8 Å². The molecule has 1 unspecified atom stereocenters. The summed E-state index contributed by atoms with van der Waals surface area (Å²) >= 11 is 0. The molecule has 1 aliphatic rings. The Morgan fingerprint density at radius 1 is 1.03 bits per heavy atom. The molecule has 1 N–H and O–H groups in total. The summed E-state index contributed by atoms with van der Waals surface area (Å²) in [4.78, 5) is 14.7. The van der Waals surface area contributed by atoms with Crippen molar-refractivity contribution < 1.29 is 19.4 Å². The molecule has 1 aliphatic heterocycles. The predicted octanol–water partition coefficient (Wildman–Crippen LogP) is 4.69. The molecule has 3 aromatic rings. The summed E-state index contributed by atoms with van der Waals surface area (Å²) in [6, 6.07) is 22.2. The highest BCUT2D eigenvalue weighted by atomic mass is 16.6. The Bertz CT molecular complexity index is 1000. The summed E-state index contributed by atoms with van der Waals surface area (Å²) in [7, 11) is 1.58. The van der Waals surface area contributed by atoms with Crippen molar-refractivity contribution in [2.45, 2.75) is 19.1 Å². The van der Waals surface area contributed by atoms with Crippen molar-refractivity contribution in [1.82, 2.24) is 4.90 Å². The number of amides is 1. The maximum Gasteiger partial charge on any atom is 0.410 e. The third-order valence-electron chi connectivity index (χ3n) is 5.25. The summed E-state index contributed by atoms with van der Waals surface area (Å²) < 4.78 is 10.9. The molecule has 1 heterocycles. The van der Waals surface area contributed by atoms with Crippen molar-refractivity contribution >= 4 is 6.09 Å². The van der Waals surface area contributed by atoms with E-state index in [0.717, 1.165) is 23.1 Å². The van der Waals surface area contributed by atoms with Crippen molar-refractivity contribution in [2.24, 2.45) is 0 Å². The lowest BCUT2D eigenvalue weighted by molar-refractivity contribution is 0.0833. The summed E-state index contributed by atoms with van der Waals surface area (Å²) in [6.45, 7) is 0.709. The van der Waals surface area contributed by atoms with Gasteiger partial charge in [-0.25, -0.2) is 4.79 Å². The Kier molecular flexibility index (Phi) is 5.38. The first kappa shape index (κ1) is 18.9. The molecule has 0 saturated carbocycles. The minimum Gasteiger partial charge on any atom is -0.508 e. The van der Waals surface area contributed by atoms with Gasteiger partial charge in [0.2, 0.25) is 0 Å². The third-order valence-corrected chi connectivity index (χ3v) is 5.25. The third kappa shape index (κ3) is 3.90. The second-order valence-corrected chi connectivity index (χ2v) is 7.01. The minimum atomic E-state index is -0.446. The zero-order valence-corrected chi connectivity index (χ0v) is 16.2. The fourth-order valence-electron chi connectivity index (χ4n) is 3.78. The SMILES string of the molecule is COc1ccc(O)c(C2c3ccccc3CCN2C(=O)OCc2ccccc2)c1. The van der Waals surface area contributed by atoms with Crippen molar-refractivity contribution in [1.29, 1.82) is 0 Å². The maximum atomic E-state index is 13.0. The van der Waals surface area contributed by atoms with Crippen LogP contribution in [0.2, 0.25) is 0 Å². The molecule has 0 aromatic heterocycles. The van der Waals surface area contributed by atoms with Gasteiger partial charge in [0.15, 0.2) is 0 Å². The topological polar surface area (TPSA) is 59.0 Å². The second kappa shape index (κ2) is 8.27. The Balaban J connectivity index is 1.68. The van der Waals surface area contributed by atoms with Crippen LogP contribution in [0.1, 0.15) is 28.3 Å². The van der Waals surface area contributed by atoms with E-state index in [1.165, 1.54) is 0 Å². The van der Waals surface area contributed by atoms with Gasteiger partial charge in [-0.15, -0.1) is 0 Å². The number of ether oxygens (including phenoxy) is 2. The smallest absolute Gasteiger partial charge is 0.410 e. The zero-order valence-electron chi connectivity index (χ0n) is 16.2. The molecule has 0 bridgehead atoms. The lowest BCUT2D eigenvalue weighted by Gasteiger charge is -2.37. The van der Waals surface area contributed by atoms with Gasteiger partial charge in [-0.1, -0.05) is 54.6 Å². The van der Waals surface area contributed by atoms with Crippen LogP contribution in [0.15, 0.2) is 72.8 Å². The Morgan fingerprint density at radius 2 is 1.79 bits per heavy atom. The molecule has 3 aromatic carbocycles. The van der Waals surface area contributed by atoms with E-state index in [4.69, 9.17) is 9.47 Å². The fourth-order valence-corrected chi connectivity index (χ4v) is 3.78. The van der Waals surface area contributed by atoms with Crippen LogP contribution in [-0.2, 0) is 17.8 Å². The molecule has 148 valence electrons. The molecule has 29 heavy (non-hydrogen) atoms. The fraction of sp³-hybridized carbons (Fsp3) is 0.208. The first-order valence-corrected chi connectivity index (χ1v) is 9.59. The van der Waals surface area contributed by atoms with Crippen LogP contribution in [0.25, 0.3) is 0 Å². The highest BCUT2D eigenvalue weighted by Crippen LogP contribution is 2.40. The highest BCUT2D eigenvalue weighted by Gasteiger charge is 2.34. The summed E-state index contributed by atoms with van der Waals surface area (Å²) in [6.07, 6.45) is 0.327. The van der Waals surface area contributed by atoms with Crippen LogP contribution >= 0.6 is 0 Å². The maximum absolute atomic E-state index is 13.0. The van der Waals surface area contributed by atoms with E-state index in [0.29, 0.717) is 17.9 Å². The second-order valence-electron chi connectivity index (χ2n) is 7.01. The van der Waals surface area contributed by atoms with Gasteiger partial charge in [0.1, 0.15) is 18.1 Å². The number of methoxy groups -OCH3 is 1. The lowest BCUT2D eigenvalue weighted by atomic mass is 9.88. The van der Waals surface area contributed by atoms with Gasteiger partial charge >= 0.3 is 6.09 Å². The summed E-state index contributed by atoms with van der Waals surface area (Å²) in [5.74, 6) is 0.742. The summed E-state index contributed by atoms with van der Waals surface area (Å²) in [5, 5.41) is 10.6. The van der Waals surface area contributed by atoms with Gasteiger partial charge in [-0.3, -0.25) is 4.90 Å². The first-order chi connectivity index (χ1) is 14.2. The summed E-state index contributed by atoms with van der Waals surface area (Å²) in [5.41, 5.74) is 3.69. The molecule has 5 heteroatoms. The number of aromatic hydroxyl groups is 1. The number of carbonyl (C=O) groups excluding carboxylic acids is 1. The van der Waals surface area contributed by atoms with Crippen molar-refractivity contribution in [2.75, 3.05) is 13.7 Å². The van der Waals surface area contributed by atoms with E-state index in [-0.39, 0.29) is 12.4 Å². The molecule has 0 spiro atoms. The number of benzene rings is 3. The van der Waals surface area contributed by atoms with Crippen molar-refractivity contribution in [3.05, 3.63) is 95.1 Å². The predicted molar refractivity (Wildman–Crippen MR) is 110 cm³/mol. The Hall–Kier alpha value is -3.47. The molecular weight excluding hydrogens is 366 g/mol. The first-order valence-electron chi connectivity index (χ1n) is 9.59. The van der Waals surface area contributed by atoms with Gasteiger partial charge in [-0.05, 0) is 41.3 Å². The van der Waals surface area contributed by atoms with Crippen molar-refractivity contribution in [3.8, 4) is 11.5 Å². The van der Waals surface area contributed by atoms with Gasteiger partial charge < -0.3 is 14.6 Å². The Labute approximate surface area is 170 Å². The molecule has 1 amide bonds. The van der Waals surface area contributed by atoms with Gasteiger partial charge in [-0.2, -0.15) is 0 Å². The van der Waals surface area contributed by atoms with Crippen LogP contribution in [0.4, 0.5) is 4.79 Å². The molecule has 0 saturated heterocycles. The van der Waals surface area contributed by atoms with Crippen LogP contribution in [0.3, 0.4) is 0 Å². The standard InChI is InChI=1S/C24H23NO4/c1-28-19-11-12-22(26)21(15-19)23-20-10-6-5-9-18(20)13-14-25(23)24(27)29-16-17-7-3-2-4-8-17/h2-12,15,23,26H,13-14,16H2,1H3. The highest BCUT2D eigenvalue weighted by molar-refractivity contribution is 5.70. The average Bonchev–Trinajstić information content (AvgIpc) is 2.78. The van der Waals surface area contributed by atoms with E-state index in [1.54, 1.807) is 30.2 Å². The molecule has 0 radical (unpaired) electrons. The van der Waals surface area contributed by atoms with E-state index < -0.39 is 12.1 Å². The van der Waals surface area contributed by atoms with Crippen LogP contribution in [0.5, 0.6) is 11.5 Å². The number of phenols is 1. The zero-order chi connectivity index (χ0) is 20.2. The minimum absolute atomic E-state index is 0.119. The van der Waals surface area contributed by atoms with Crippen LogP contribution in [0, 0.1) is 0 Å². The molecule has 4 rings (SSSR count). The number of rotatable bonds is 4. The molecule has 0 fully saturated rings. The van der Waals surface area contributed by atoms with E-state index in [9.17, 15) is 9.90 Å². The number of nitrogens with zero attached hydrogens (tertiary/aromatic N) is 1. The number of carbonyl (C=O) groups is 1. The van der Waals surface area contributed by atoms with Gasteiger partial charge in [0.25, 0.3) is 0 Å². The normalized spacial score (nSPS) is 15.5. The van der Waals surface area contributed by atoms with Gasteiger partial charge in [0.05, 0.1) is 13.2 Å². The number of phenolic OH excluding ortho intramolecular Hbond substituents is 1. The largest absolute Gasteiger partial charge is 0.508 e. The number of fused-ring (bicyclic) bond motifs is 1. The number of hydrogen-bond acceptors (Lipinski definition) is 4. The monoisotopic (exact) mass is 389 g/mol. The van der Waals surface area contributed by atoms with E-state index in [2.05, 4.69) is 6.07 Å². The average molecular weight is 389 g/mol.